The molecule has 7 heteroatoms. The van der Waals surface area contributed by atoms with Gasteiger partial charge in [0.15, 0.2) is 0 Å². The molecule has 0 amide bonds. The zero-order valence-corrected chi connectivity index (χ0v) is 17.8. The van der Waals surface area contributed by atoms with Crippen LogP contribution in [-0.2, 0) is 11.2 Å². The minimum Gasteiger partial charge on any atom is -0.490 e. The first kappa shape index (κ1) is 22.7. The van der Waals surface area contributed by atoms with Gasteiger partial charge in [0.2, 0.25) is 0 Å². The molecule has 2 aliphatic rings. The van der Waals surface area contributed by atoms with Gasteiger partial charge in [0, 0.05) is 0 Å². The zero-order valence-electron chi connectivity index (χ0n) is 17.8. The maximum absolute atomic E-state index is 10.4. The van der Waals surface area contributed by atoms with Gasteiger partial charge in [-0.15, -0.1) is 0 Å². The lowest BCUT2D eigenvalue weighted by atomic mass is 9.89. The number of hydrogen-bond donors (Lipinski definition) is 4. The summed E-state index contributed by atoms with van der Waals surface area (Å²) in [4.78, 5) is 0. The average Bonchev–Trinajstić information content (AvgIpc) is 3.32. The van der Waals surface area contributed by atoms with Gasteiger partial charge in [0.25, 0.3) is 0 Å². The van der Waals surface area contributed by atoms with Gasteiger partial charge in [-0.2, -0.15) is 5.26 Å². The van der Waals surface area contributed by atoms with E-state index >= 15 is 0 Å². The van der Waals surface area contributed by atoms with Crippen molar-refractivity contribution in [3.05, 3.63) is 64.7 Å². The topological polar surface area (TPSA) is 123 Å². The summed E-state index contributed by atoms with van der Waals surface area (Å²) in [5.74, 6) is 0.844. The minimum atomic E-state index is -1.45. The van der Waals surface area contributed by atoms with E-state index in [1.54, 1.807) is 18.2 Å². The van der Waals surface area contributed by atoms with Crippen LogP contribution in [0.3, 0.4) is 0 Å². The number of nitriles is 1. The summed E-state index contributed by atoms with van der Waals surface area (Å²) in [6, 6.07) is 15.1. The van der Waals surface area contributed by atoms with Gasteiger partial charge >= 0.3 is 0 Å². The largest absolute Gasteiger partial charge is 0.490 e. The van der Waals surface area contributed by atoms with Crippen LogP contribution in [0.5, 0.6) is 5.75 Å². The first-order valence-electron chi connectivity index (χ1n) is 11.1. The normalized spacial score (nSPS) is 28.4. The molecule has 2 fully saturated rings. The fraction of sp³-hybridized carbons (Fsp3) is 0.480. The van der Waals surface area contributed by atoms with Crippen LogP contribution in [0.2, 0.25) is 0 Å². The van der Waals surface area contributed by atoms with Crippen molar-refractivity contribution in [1.82, 2.24) is 0 Å². The minimum absolute atomic E-state index is 0.293. The third kappa shape index (κ3) is 4.80. The maximum Gasteiger partial charge on any atom is 0.119 e. The van der Waals surface area contributed by atoms with Gasteiger partial charge in [-0.25, -0.2) is 0 Å². The lowest BCUT2D eigenvalue weighted by Crippen LogP contribution is -2.55. The van der Waals surface area contributed by atoms with Crippen LogP contribution in [0.1, 0.15) is 54.0 Å². The van der Waals surface area contributed by atoms with Crippen LogP contribution < -0.4 is 4.74 Å². The summed E-state index contributed by atoms with van der Waals surface area (Å²) in [5, 5.41) is 49.6. The number of ether oxygens (including phenoxy) is 2. The van der Waals surface area contributed by atoms with E-state index < -0.39 is 37.1 Å². The monoisotopic (exact) mass is 439 g/mol. The summed E-state index contributed by atoms with van der Waals surface area (Å²) >= 11 is 0. The number of benzene rings is 2. The van der Waals surface area contributed by atoms with E-state index in [1.165, 1.54) is 12.8 Å². The molecule has 7 nitrogen and oxygen atoms in total. The fourth-order valence-corrected chi connectivity index (χ4v) is 4.53. The van der Waals surface area contributed by atoms with Crippen molar-refractivity contribution < 1.29 is 29.9 Å². The molecule has 1 heterocycles. The molecule has 0 bridgehead atoms. The van der Waals surface area contributed by atoms with E-state index in [2.05, 4.69) is 6.07 Å². The van der Waals surface area contributed by atoms with Crippen LogP contribution in [0.25, 0.3) is 0 Å². The third-order valence-electron chi connectivity index (χ3n) is 6.39. The number of rotatable bonds is 6. The standard InChI is InChI=1S/C25H29NO6/c26-13-17-8-7-16(25-24(30)23(29)22(28)21(14-27)32-25)12-18(17)11-15-5-9-20(10-6-15)31-19-3-1-2-4-19/h5-10,12,19,21-25,27-30H,1-4,11,14H2/t21-,22-,23+,24-,25?/m1/s1. The second kappa shape index (κ2) is 9.99. The Hall–Kier alpha value is -2.47. The highest BCUT2D eigenvalue weighted by molar-refractivity contribution is 5.44. The van der Waals surface area contributed by atoms with Crippen LogP contribution >= 0.6 is 0 Å². The van der Waals surface area contributed by atoms with Crippen molar-refractivity contribution in [2.45, 2.75) is 68.7 Å². The highest BCUT2D eigenvalue weighted by Gasteiger charge is 2.44. The van der Waals surface area contributed by atoms with E-state index in [4.69, 9.17) is 9.47 Å². The Morgan fingerprint density at radius 2 is 1.69 bits per heavy atom. The van der Waals surface area contributed by atoms with E-state index in [1.807, 2.05) is 24.3 Å². The third-order valence-corrected chi connectivity index (χ3v) is 6.39. The first-order valence-corrected chi connectivity index (χ1v) is 11.1. The molecule has 0 spiro atoms. The van der Waals surface area contributed by atoms with Crippen LogP contribution in [0, 0.1) is 11.3 Å². The Labute approximate surface area is 187 Å². The van der Waals surface area contributed by atoms with Crippen molar-refractivity contribution in [2.75, 3.05) is 6.61 Å². The van der Waals surface area contributed by atoms with Crippen LogP contribution in [0.4, 0.5) is 0 Å². The molecular formula is C25H29NO6. The van der Waals surface area contributed by atoms with E-state index in [9.17, 15) is 25.7 Å². The van der Waals surface area contributed by atoms with Gasteiger partial charge in [0.1, 0.15) is 36.3 Å². The summed E-state index contributed by atoms with van der Waals surface area (Å²) in [6.07, 6.45) is -0.722. The van der Waals surface area contributed by atoms with Crippen molar-refractivity contribution in [3.8, 4) is 11.8 Å². The molecular weight excluding hydrogens is 410 g/mol. The SMILES string of the molecule is N#Cc1ccc(C2O[C@H](CO)[C@@H](O)[C@H](O)[C@H]2O)cc1Cc1ccc(OC2CCCC2)cc1. The molecule has 4 rings (SSSR count). The summed E-state index contributed by atoms with van der Waals surface area (Å²) in [5.41, 5.74) is 2.83. The van der Waals surface area contributed by atoms with Crippen LogP contribution in [-0.4, -0.2) is 57.6 Å². The summed E-state index contributed by atoms with van der Waals surface area (Å²) < 4.78 is 11.7. The Balaban J connectivity index is 1.53. The number of aliphatic hydroxyl groups excluding tert-OH is 4. The molecule has 1 saturated carbocycles. The van der Waals surface area contributed by atoms with Crippen molar-refractivity contribution >= 4 is 0 Å². The van der Waals surface area contributed by atoms with Gasteiger partial charge in [0.05, 0.1) is 24.3 Å². The molecule has 1 unspecified atom stereocenters. The molecule has 0 aromatic heterocycles. The van der Waals surface area contributed by atoms with E-state index in [0.717, 1.165) is 29.7 Å². The molecule has 5 atom stereocenters. The molecule has 170 valence electrons. The molecule has 0 radical (unpaired) electrons. The second-order valence-corrected chi connectivity index (χ2v) is 8.62. The predicted molar refractivity (Wildman–Crippen MR) is 116 cm³/mol. The molecule has 32 heavy (non-hydrogen) atoms. The number of aliphatic hydroxyl groups is 4. The van der Waals surface area contributed by atoms with Gasteiger partial charge in [-0.1, -0.05) is 24.3 Å². The highest BCUT2D eigenvalue weighted by Crippen LogP contribution is 2.33. The lowest BCUT2D eigenvalue weighted by molar-refractivity contribution is -0.231. The lowest BCUT2D eigenvalue weighted by Gasteiger charge is -2.40. The number of nitrogens with zero attached hydrogens (tertiary/aromatic N) is 1. The van der Waals surface area contributed by atoms with Crippen molar-refractivity contribution in [3.63, 3.8) is 0 Å². The molecule has 2 aromatic rings. The second-order valence-electron chi connectivity index (χ2n) is 8.62. The Morgan fingerprint density at radius 1 is 0.969 bits per heavy atom. The Bertz CT molecular complexity index is 948. The average molecular weight is 440 g/mol. The Kier molecular flexibility index (Phi) is 7.09. The zero-order chi connectivity index (χ0) is 22.7. The molecule has 1 aliphatic carbocycles. The first-order chi connectivity index (χ1) is 15.5. The van der Waals surface area contributed by atoms with Crippen LogP contribution in [0.15, 0.2) is 42.5 Å². The van der Waals surface area contributed by atoms with Crippen molar-refractivity contribution in [2.24, 2.45) is 0 Å². The van der Waals surface area contributed by atoms with Crippen molar-refractivity contribution in [1.29, 1.82) is 5.26 Å². The van der Waals surface area contributed by atoms with Gasteiger partial charge < -0.3 is 29.9 Å². The van der Waals surface area contributed by atoms with Gasteiger partial charge in [-0.3, -0.25) is 0 Å². The smallest absolute Gasteiger partial charge is 0.119 e. The molecule has 1 aliphatic heterocycles. The highest BCUT2D eigenvalue weighted by atomic mass is 16.5. The molecule has 4 N–H and O–H groups in total. The molecule has 2 aromatic carbocycles. The summed E-state index contributed by atoms with van der Waals surface area (Å²) in [6.45, 7) is -0.486. The quantitative estimate of drug-likeness (QED) is 0.543. The van der Waals surface area contributed by atoms with Gasteiger partial charge in [-0.05, 0) is 67.0 Å². The molecule has 1 saturated heterocycles. The predicted octanol–water partition coefficient (Wildman–Crippen LogP) is 1.99. The Morgan fingerprint density at radius 3 is 2.34 bits per heavy atom. The summed E-state index contributed by atoms with van der Waals surface area (Å²) in [7, 11) is 0. The fourth-order valence-electron chi connectivity index (χ4n) is 4.53. The maximum atomic E-state index is 10.4. The van der Waals surface area contributed by atoms with E-state index in [0.29, 0.717) is 23.7 Å². The van der Waals surface area contributed by atoms with E-state index in [-0.39, 0.29) is 0 Å². The number of hydrogen-bond acceptors (Lipinski definition) is 7.